The lowest BCUT2D eigenvalue weighted by Gasteiger charge is -1.95. The Bertz CT molecular complexity index is 507. The van der Waals surface area contributed by atoms with E-state index < -0.39 is 0 Å². The number of nitrogens with zero attached hydrogens (tertiary/aromatic N) is 1. The average molecular weight is 225 g/mol. The van der Waals surface area contributed by atoms with Gasteiger partial charge in [0.15, 0.2) is 0 Å². The van der Waals surface area contributed by atoms with Crippen LogP contribution < -0.4 is 0 Å². The maximum absolute atomic E-state index is 8.74. The first kappa shape index (κ1) is 9.68. The zero-order valence-corrected chi connectivity index (χ0v) is 9.92. The Morgan fingerprint density at radius 1 is 1.43 bits per heavy atom. The van der Waals surface area contributed by atoms with E-state index in [2.05, 4.69) is 24.4 Å². The lowest BCUT2D eigenvalue weighted by Crippen LogP contribution is -1.92. The second kappa shape index (κ2) is 3.37. The largest absolute Gasteiger partial charge is 0.411 e. The molecule has 2 nitrogen and oxygen atoms in total. The Morgan fingerprint density at radius 3 is 2.71 bits per heavy atom. The minimum absolute atomic E-state index is 0.704. The molecule has 0 spiro atoms. The lowest BCUT2D eigenvalue weighted by molar-refractivity contribution is 0.319. The van der Waals surface area contributed by atoms with E-state index in [4.69, 9.17) is 5.21 Å². The summed E-state index contributed by atoms with van der Waals surface area (Å²) in [5.41, 5.74) is 3.25. The molecule has 0 saturated carbocycles. The van der Waals surface area contributed by atoms with Crippen LogP contribution in [-0.4, -0.2) is 10.9 Å². The van der Waals surface area contributed by atoms with Gasteiger partial charge in [0.05, 0.1) is 14.6 Å². The summed E-state index contributed by atoms with van der Waals surface area (Å²) in [6.45, 7) is 6.04. The van der Waals surface area contributed by atoms with Gasteiger partial charge in [-0.25, -0.2) is 0 Å². The molecular formula is C10H11NOS2. The van der Waals surface area contributed by atoms with E-state index in [1.807, 2.05) is 6.92 Å². The van der Waals surface area contributed by atoms with Crippen LogP contribution in [0.5, 0.6) is 0 Å². The van der Waals surface area contributed by atoms with Crippen molar-refractivity contribution in [3.63, 3.8) is 0 Å². The molecule has 0 aliphatic rings. The van der Waals surface area contributed by atoms with Crippen LogP contribution in [0.1, 0.15) is 22.9 Å². The van der Waals surface area contributed by atoms with Crippen LogP contribution >= 0.6 is 22.7 Å². The van der Waals surface area contributed by atoms with Crippen molar-refractivity contribution in [2.75, 3.05) is 0 Å². The summed E-state index contributed by atoms with van der Waals surface area (Å²) in [4.78, 5) is 1.09. The maximum atomic E-state index is 8.74. The number of oxime groups is 1. The Morgan fingerprint density at radius 2 is 2.14 bits per heavy atom. The van der Waals surface area contributed by atoms with Gasteiger partial charge in [0.25, 0.3) is 0 Å². The summed E-state index contributed by atoms with van der Waals surface area (Å²) in [6.07, 6.45) is 0. The van der Waals surface area contributed by atoms with Crippen LogP contribution in [0.3, 0.4) is 0 Å². The van der Waals surface area contributed by atoms with Crippen LogP contribution in [0.15, 0.2) is 10.5 Å². The zero-order chi connectivity index (χ0) is 10.3. The van der Waals surface area contributed by atoms with Crippen molar-refractivity contribution >= 4 is 37.8 Å². The van der Waals surface area contributed by atoms with Gasteiger partial charge in [-0.15, -0.1) is 22.7 Å². The Balaban J connectivity index is 2.75. The summed E-state index contributed by atoms with van der Waals surface area (Å²) in [7, 11) is 0. The molecule has 1 N–H and O–H groups in total. The minimum atomic E-state index is 0.704. The quantitative estimate of drug-likeness (QED) is 0.447. The van der Waals surface area contributed by atoms with E-state index in [-0.39, 0.29) is 0 Å². The third-order valence-corrected chi connectivity index (χ3v) is 4.95. The van der Waals surface area contributed by atoms with Gasteiger partial charge >= 0.3 is 0 Å². The Labute approximate surface area is 90.5 Å². The van der Waals surface area contributed by atoms with Crippen LogP contribution in [0.25, 0.3) is 9.40 Å². The first-order valence-electron chi connectivity index (χ1n) is 4.31. The van der Waals surface area contributed by atoms with Crippen molar-refractivity contribution in [3.8, 4) is 0 Å². The van der Waals surface area contributed by atoms with E-state index in [1.165, 1.54) is 20.5 Å². The summed E-state index contributed by atoms with van der Waals surface area (Å²) in [5, 5.41) is 15.5. The molecule has 0 amide bonds. The first-order valence-corrected chi connectivity index (χ1v) is 6.01. The van der Waals surface area contributed by atoms with Crippen molar-refractivity contribution in [1.29, 1.82) is 0 Å². The van der Waals surface area contributed by atoms with E-state index in [9.17, 15) is 0 Å². The molecule has 0 aliphatic carbocycles. The minimum Gasteiger partial charge on any atom is -0.411 e. The smallest absolute Gasteiger partial charge is 0.0939 e. The van der Waals surface area contributed by atoms with Crippen LogP contribution in [-0.2, 0) is 0 Å². The highest BCUT2D eigenvalue weighted by Gasteiger charge is 2.13. The molecular weight excluding hydrogens is 214 g/mol. The molecule has 2 aromatic rings. The third kappa shape index (κ3) is 1.26. The number of thiophene rings is 2. The van der Waals surface area contributed by atoms with E-state index >= 15 is 0 Å². The summed E-state index contributed by atoms with van der Waals surface area (Å²) in [6, 6.07) is 0. The fourth-order valence-corrected chi connectivity index (χ4v) is 4.08. The summed E-state index contributed by atoms with van der Waals surface area (Å²) >= 11 is 3.46. The molecule has 0 aliphatic heterocycles. The molecule has 0 unspecified atom stereocenters. The van der Waals surface area contributed by atoms with Gasteiger partial charge in [-0.1, -0.05) is 5.16 Å². The van der Waals surface area contributed by atoms with Gasteiger partial charge in [0.1, 0.15) is 0 Å². The summed E-state index contributed by atoms with van der Waals surface area (Å²) in [5.74, 6) is 0. The number of rotatable bonds is 1. The number of fused-ring (bicyclic) bond motifs is 1. The van der Waals surface area contributed by atoms with Crippen molar-refractivity contribution in [2.24, 2.45) is 5.16 Å². The van der Waals surface area contributed by atoms with Gasteiger partial charge in [-0.3, -0.25) is 0 Å². The van der Waals surface area contributed by atoms with Gasteiger partial charge in [-0.2, -0.15) is 0 Å². The third-order valence-electron chi connectivity index (χ3n) is 2.33. The van der Waals surface area contributed by atoms with Crippen LogP contribution in [0, 0.1) is 13.8 Å². The molecule has 74 valence electrons. The van der Waals surface area contributed by atoms with Gasteiger partial charge in [-0.05, 0) is 37.3 Å². The molecule has 0 aromatic carbocycles. The molecule has 0 fully saturated rings. The number of hydrogen-bond donors (Lipinski definition) is 1. The number of aryl methyl sites for hydroxylation is 2. The van der Waals surface area contributed by atoms with E-state index in [1.54, 1.807) is 22.7 Å². The molecule has 0 radical (unpaired) electrons. The van der Waals surface area contributed by atoms with Gasteiger partial charge < -0.3 is 5.21 Å². The van der Waals surface area contributed by atoms with Crippen molar-refractivity contribution in [1.82, 2.24) is 0 Å². The molecule has 0 atom stereocenters. The molecule has 2 aromatic heterocycles. The maximum Gasteiger partial charge on any atom is 0.0939 e. The normalized spacial score (nSPS) is 12.6. The average Bonchev–Trinajstić information content (AvgIpc) is 2.68. The zero-order valence-electron chi connectivity index (χ0n) is 8.29. The molecule has 2 heterocycles. The molecule has 4 heteroatoms. The van der Waals surface area contributed by atoms with Crippen molar-refractivity contribution in [3.05, 3.63) is 21.4 Å². The molecule has 0 bridgehead atoms. The summed E-state index contributed by atoms with van der Waals surface area (Å²) < 4.78 is 1.32. The highest BCUT2D eigenvalue weighted by molar-refractivity contribution is 7.38. The molecule has 2 rings (SSSR count). The standard InChI is InChI=1S/C10H11NOS2/c1-5-4-13-10-8(5)6(2)9(14-10)7(3)11-12/h4,12H,1-3H3. The van der Waals surface area contributed by atoms with E-state index in [0.29, 0.717) is 5.71 Å². The first-order chi connectivity index (χ1) is 6.65. The number of hydrogen-bond acceptors (Lipinski definition) is 4. The topological polar surface area (TPSA) is 32.6 Å². The highest BCUT2D eigenvalue weighted by atomic mass is 32.2. The van der Waals surface area contributed by atoms with Crippen molar-refractivity contribution < 1.29 is 5.21 Å². The SMILES string of the molecule is CC(=NO)c1sc2scc(C)c2c1C. The van der Waals surface area contributed by atoms with Crippen LogP contribution in [0.2, 0.25) is 0 Å². The molecule has 14 heavy (non-hydrogen) atoms. The van der Waals surface area contributed by atoms with Gasteiger partial charge in [0.2, 0.25) is 0 Å². The van der Waals surface area contributed by atoms with Crippen LogP contribution in [0.4, 0.5) is 0 Å². The predicted octanol–water partition coefficient (Wildman–Crippen LogP) is 3.78. The Kier molecular flexibility index (Phi) is 2.33. The fraction of sp³-hybridized carbons (Fsp3) is 0.300. The Hall–Kier alpha value is -0.870. The van der Waals surface area contributed by atoms with Gasteiger partial charge in [0, 0.05) is 5.39 Å². The fourth-order valence-electron chi connectivity index (χ4n) is 1.62. The molecule has 0 saturated heterocycles. The lowest BCUT2D eigenvalue weighted by atomic mass is 10.1. The predicted molar refractivity (Wildman–Crippen MR) is 63.2 cm³/mol. The van der Waals surface area contributed by atoms with E-state index in [0.717, 1.165) is 4.88 Å². The monoisotopic (exact) mass is 225 g/mol. The second-order valence-electron chi connectivity index (χ2n) is 3.32. The second-order valence-corrected chi connectivity index (χ2v) is 5.48. The van der Waals surface area contributed by atoms with Crippen molar-refractivity contribution in [2.45, 2.75) is 20.8 Å². The highest BCUT2D eigenvalue weighted by Crippen LogP contribution is 2.37.